The molecule has 2 rings (SSSR count). The molecule has 0 aromatic heterocycles. The Hall–Kier alpha value is -1.22. The highest BCUT2D eigenvalue weighted by molar-refractivity contribution is 5.52. The largest absolute Gasteiger partial charge is 0.493 e. The van der Waals surface area contributed by atoms with E-state index in [0.29, 0.717) is 0 Å². The summed E-state index contributed by atoms with van der Waals surface area (Å²) in [6, 6.07) is 4.05. The molecule has 0 bridgehead atoms. The first-order valence-corrected chi connectivity index (χ1v) is 5.20. The Kier molecular flexibility index (Phi) is 2.82. The van der Waals surface area contributed by atoms with Crippen LogP contribution in [-0.4, -0.2) is 25.4 Å². The predicted molar refractivity (Wildman–Crippen MR) is 57.7 cm³/mol. The normalized spacial score (nSPS) is 15.7. The van der Waals surface area contributed by atoms with E-state index in [9.17, 15) is 0 Å². The maximum absolute atomic E-state index is 9.13. The number of fused-ring (bicyclic) bond motifs is 1. The van der Waals surface area contributed by atoms with Crippen molar-refractivity contribution < 1.29 is 14.6 Å². The average molecular weight is 208 g/mol. The summed E-state index contributed by atoms with van der Waals surface area (Å²) in [6.07, 6.45) is 0.928. The molecule has 0 radical (unpaired) electrons. The van der Waals surface area contributed by atoms with Gasteiger partial charge in [0.05, 0.1) is 13.7 Å². The van der Waals surface area contributed by atoms with Crippen molar-refractivity contribution in [3.8, 4) is 11.5 Å². The lowest BCUT2D eigenvalue weighted by molar-refractivity contribution is 0.272. The number of aliphatic hydroxyl groups is 1. The number of ether oxygens (including phenoxy) is 2. The Labute approximate surface area is 89.6 Å². The zero-order valence-corrected chi connectivity index (χ0v) is 9.12. The number of hydrogen-bond acceptors (Lipinski definition) is 3. The highest BCUT2D eigenvalue weighted by atomic mass is 16.5. The van der Waals surface area contributed by atoms with Crippen molar-refractivity contribution in [1.82, 2.24) is 0 Å². The smallest absolute Gasteiger partial charge is 0.164 e. The van der Waals surface area contributed by atoms with Gasteiger partial charge >= 0.3 is 0 Å². The van der Waals surface area contributed by atoms with Crippen LogP contribution < -0.4 is 9.47 Å². The molecular weight excluding hydrogens is 192 g/mol. The Bertz CT molecular complexity index is 360. The Morgan fingerprint density at radius 1 is 1.53 bits per heavy atom. The van der Waals surface area contributed by atoms with Crippen LogP contribution in [0, 0.1) is 0 Å². The molecule has 15 heavy (non-hydrogen) atoms. The fourth-order valence-electron chi connectivity index (χ4n) is 1.84. The van der Waals surface area contributed by atoms with Crippen molar-refractivity contribution >= 4 is 0 Å². The number of aliphatic hydroxyl groups excluding tert-OH is 1. The molecule has 0 fully saturated rings. The van der Waals surface area contributed by atoms with E-state index in [0.717, 1.165) is 30.1 Å². The second-order valence-electron chi connectivity index (χ2n) is 3.89. The van der Waals surface area contributed by atoms with Gasteiger partial charge in [-0.1, -0.05) is 13.0 Å². The minimum Gasteiger partial charge on any atom is -0.493 e. The van der Waals surface area contributed by atoms with Crippen LogP contribution in [-0.2, 0) is 6.42 Å². The molecule has 1 atom stereocenters. The molecule has 1 unspecified atom stereocenters. The van der Waals surface area contributed by atoms with Crippen LogP contribution in [0.1, 0.15) is 24.0 Å². The van der Waals surface area contributed by atoms with E-state index >= 15 is 0 Å². The number of methoxy groups -OCH3 is 1. The van der Waals surface area contributed by atoms with Crippen molar-refractivity contribution in [2.75, 3.05) is 20.3 Å². The second-order valence-corrected chi connectivity index (χ2v) is 3.89. The van der Waals surface area contributed by atoms with Crippen LogP contribution in [0.25, 0.3) is 0 Å². The molecule has 1 heterocycles. The monoisotopic (exact) mass is 208 g/mol. The minimum atomic E-state index is 0.143. The molecular formula is C12H16O3. The number of hydrogen-bond donors (Lipinski definition) is 1. The molecule has 0 saturated heterocycles. The van der Waals surface area contributed by atoms with E-state index in [1.807, 2.05) is 13.0 Å². The van der Waals surface area contributed by atoms with E-state index < -0.39 is 0 Å². The molecule has 82 valence electrons. The Balaban J connectivity index is 2.43. The lowest BCUT2D eigenvalue weighted by atomic mass is 9.98. The molecule has 3 heteroatoms. The molecule has 0 amide bonds. The third-order valence-corrected chi connectivity index (χ3v) is 2.83. The maximum atomic E-state index is 9.13. The standard InChI is InChI=1S/C12H16O3/c1-8(7-13)10-5-9-3-4-15-12(9)11(6-10)14-2/h5-6,8,13H,3-4,7H2,1-2H3. The van der Waals surface area contributed by atoms with Gasteiger partial charge in [-0.25, -0.2) is 0 Å². The van der Waals surface area contributed by atoms with E-state index in [4.69, 9.17) is 14.6 Å². The second kappa shape index (κ2) is 4.11. The van der Waals surface area contributed by atoms with Crippen LogP contribution in [0.2, 0.25) is 0 Å². The van der Waals surface area contributed by atoms with Gasteiger partial charge < -0.3 is 14.6 Å². The number of rotatable bonds is 3. The van der Waals surface area contributed by atoms with Crippen molar-refractivity contribution in [2.24, 2.45) is 0 Å². The summed E-state index contributed by atoms with van der Waals surface area (Å²) < 4.78 is 10.8. The van der Waals surface area contributed by atoms with Gasteiger partial charge in [-0.15, -0.1) is 0 Å². The molecule has 1 aliphatic heterocycles. The average Bonchev–Trinajstić information content (AvgIpc) is 2.74. The summed E-state index contributed by atoms with van der Waals surface area (Å²) in [5, 5.41) is 9.13. The molecule has 0 saturated carbocycles. The summed E-state index contributed by atoms with van der Waals surface area (Å²) in [7, 11) is 1.64. The Morgan fingerprint density at radius 3 is 3.00 bits per heavy atom. The van der Waals surface area contributed by atoms with Crippen LogP contribution in [0.3, 0.4) is 0 Å². The van der Waals surface area contributed by atoms with Gasteiger partial charge in [0.25, 0.3) is 0 Å². The molecule has 1 N–H and O–H groups in total. The van der Waals surface area contributed by atoms with Gasteiger partial charge in [0.2, 0.25) is 0 Å². The van der Waals surface area contributed by atoms with E-state index in [1.165, 1.54) is 5.56 Å². The third kappa shape index (κ3) is 1.79. The van der Waals surface area contributed by atoms with E-state index in [-0.39, 0.29) is 12.5 Å². The van der Waals surface area contributed by atoms with Crippen LogP contribution in [0.4, 0.5) is 0 Å². The van der Waals surface area contributed by atoms with Crippen molar-refractivity contribution in [3.05, 3.63) is 23.3 Å². The summed E-state index contributed by atoms with van der Waals surface area (Å²) in [5.74, 6) is 1.79. The predicted octanol–water partition coefficient (Wildman–Crippen LogP) is 1.73. The lowest BCUT2D eigenvalue weighted by Gasteiger charge is -2.13. The first-order valence-electron chi connectivity index (χ1n) is 5.20. The molecule has 0 spiro atoms. The fourth-order valence-corrected chi connectivity index (χ4v) is 1.84. The Morgan fingerprint density at radius 2 is 2.33 bits per heavy atom. The van der Waals surface area contributed by atoms with Gasteiger partial charge in [0.1, 0.15) is 0 Å². The van der Waals surface area contributed by atoms with Crippen molar-refractivity contribution in [2.45, 2.75) is 19.3 Å². The first kappa shape index (κ1) is 10.3. The fraction of sp³-hybridized carbons (Fsp3) is 0.500. The molecule has 3 nitrogen and oxygen atoms in total. The summed E-state index contributed by atoms with van der Waals surface area (Å²) >= 11 is 0. The summed E-state index contributed by atoms with van der Waals surface area (Å²) in [5.41, 5.74) is 2.29. The van der Waals surface area contributed by atoms with Crippen molar-refractivity contribution in [1.29, 1.82) is 0 Å². The van der Waals surface area contributed by atoms with Crippen LogP contribution in [0.5, 0.6) is 11.5 Å². The summed E-state index contributed by atoms with van der Waals surface area (Å²) in [4.78, 5) is 0. The highest BCUT2D eigenvalue weighted by Gasteiger charge is 2.19. The van der Waals surface area contributed by atoms with Gasteiger partial charge in [-0.3, -0.25) is 0 Å². The molecule has 1 aliphatic rings. The van der Waals surface area contributed by atoms with Gasteiger partial charge in [-0.2, -0.15) is 0 Å². The quantitative estimate of drug-likeness (QED) is 0.822. The van der Waals surface area contributed by atoms with Gasteiger partial charge in [0.15, 0.2) is 11.5 Å². The van der Waals surface area contributed by atoms with E-state index in [2.05, 4.69) is 6.07 Å². The zero-order valence-electron chi connectivity index (χ0n) is 9.12. The topological polar surface area (TPSA) is 38.7 Å². The van der Waals surface area contributed by atoms with Gasteiger partial charge in [0, 0.05) is 24.5 Å². The van der Waals surface area contributed by atoms with Crippen molar-refractivity contribution in [3.63, 3.8) is 0 Å². The minimum absolute atomic E-state index is 0.143. The molecule has 1 aromatic rings. The lowest BCUT2D eigenvalue weighted by Crippen LogP contribution is -2.00. The molecule has 0 aliphatic carbocycles. The highest BCUT2D eigenvalue weighted by Crippen LogP contribution is 2.38. The third-order valence-electron chi connectivity index (χ3n) is 2.83. The maximum Gasteiger partial charge on any atom is 0.164 e. The number of benzene rings is 1. The van der Waals surface area contributed by atoms with Gasteiger partial charge in [-0.05, 0) is 11.6 Å². The van der Waals surface area contributed by atoms with Crippen LogP contribution in [0.15, 0.2) is 12.1 Å². The SMILES string of the molecule is COc1cc(C(C)CO)cc2c1OCC2. The van der Waals surface area contributed by atoms with E-state index in [1.54, 1.807) is 7.11 Å². The first-order chi connectivity index (χ1) is 7.26. The van der Waals surface area contributed by atoms with Crippen LogP contribution >= 0.6 is 0 Å². The summed E-state index contributed by atoms with van der Waals surface area (Å²) in [6.45, 7) is 2.88. The zero-order chi connectivity index (χ0) is 10.8. The molecule has 1 aromatic carbocycles.